The molecule has 0 radical (unpaired) electrons. The van der Waals surface area contributed by atoms with Gasteiger partial charge in [0, 0.05) is 18.4 Å². The zero-order valence-corrected chi connectivity index (χ0v) is 9.31. The molecule has 2 rings (SSSR count). The van der Waals surface area contributed by atoms with Crippen molar-refractivity contribution in [2.75, 3.05) is 13.1 Å². The lowest BCUT2D eigenvalue weighted by atomic mass is 9.93. The number of nitrogens with one attached hydrogen (secondary N) is 1. The van der Waals surface area contributed by atoms with Crippen LogP contribution in [0.3, 0.4) is 0 Å². The minimum absolute atomic E-state index is 0. The zero-order valence-electron chi connectivity index (χ0n) is 8.49. The van der Waals surface area contributed by atoms with Gasteiger partial charge >= 0.3 is 0 Å². The predicted octanol–water partition coefficient (Wildman–Crippen LogP) is 2.28. The summed E-state index contributed by atoms with van der Waals surface area (Å²) >= 11 is 0. The molecule has 1 aliphatic rings. The Morgan fingerprint density at radius 2 is 2.29 bits per heavy atom. The van der Waals surface area contributed by atoms with Gasteiger partial charge in [0.15, 0.2) is 0 Å². The fraction of sp³-hybridized carbons (Fsp3) is 0.545. The number of nitrogens with zero attached hydrogens (tertiary/aromatic N) is 1. The van der Waals surface area contributed by atoms with E-state index in [1.54, 1.807) is 0 Å². The highest BCUT2D eigenvalue weighted by Gasteiger charge is 2.14. The lowest BCUT2D eigenvalue weighted by molar-refractivity contribution is 0.461. The summed E-state index contributed by atoms with van der Waals surface area (Å²) in [5.74, 6) is 0.682. The Morgan fingerprint density at radius 1 is 1.43 bits per heavy atom. The molecular formula is C11H17ClN2. The Morgan fingerprint density at radius 3 is 2.86 bits per heavy atom. The number of hydrogen-bond donors (Lipinski definition) is 1. The highest BCUT2D eigenvalue weighted by Crippen LogP contribution is 2.22. The first-order valence-electron chi connectivity index (χ1n) is 4.99. The average Bonchev–Trinajstić information content (AvgIpc) is 2.20. The van der Waals surface area contributed by atoms with Crippen LogP contribution in [0.4, 0.5) is 0 Å². The number of halogens is 1. The van der Waals surface area contributed by atoms with E-state index in [4.69, 9.17) is 0 Å². The molecule has 0 saturated carbocycles. The number of aryl methyl sites for hydroxylation is 1. The van der Waals surface area contributed by atoms with Gasteiger partial charge in [-0.05, 0) is 43.9 Å². The van der Waals surface area contributed by atoms with Crippen molar-refractivity contribution in [1.29, 1.82) is 0 Å². The second-order valence-electron chi connectivity index (χ2n) is 3.78. The number of pyridine rings is 1. The highest BCUT2D eigenvalue weighted by molar-refractivity contribution is 5.85. The van der Waals surface area contributed by atoms with E-state index in [1.165, 1.54) is 24.9 Å². The van der Waals surface area contributed by atoms with E-state index in [0.29, 0.717) is 5.92 Å². The summed E-state index contributed by atoms with van der Waals surface area (Å²) < 4.78 is 0. The van der Waals surface area contributed by atoms with Gasteiger partial charge in [-0.15, -0.1) is 12.4 Å². The van der Waals surface area contributed by atoms with Gasteiger partial charge in [-0.25, -0.2) is 0 Å². The molecule has 1 fully saturated rings. The molecule has 0 bridgehead atoms. The minimum Gasteiger partial charge on any atom is -0.316 e. The quantitative estimate of drug-likeness (QED) is 0.773. The molecule has 1 N–H and O–H groups in total. The van der Waals surface area contributed by atoms with Gasteiger partial charge in [0.1, 0.15) is 0 Å². The number of piperidine rings is 1. The van der Waals surface area contributed by atoms with Gasteiger partial charge in [0.05, 0.1) is 0 Å². The molecule has 78 valence electrons. The molecule has 3 heteroatoms. The van der Waals surface area contributed by atoms with Crippen LogP contribution in [0.2, 0.25) is 0 Å². The van der Waals surface area contributed by atoms with Crippen molar-refractivity contribution in [3.63, 3.8) is 0 Å². The van der Waals surface area contributed by atoms with Crippen molar-refractivity contribution >= 4 is 12.4 Å². The summed E-state index contributed by atoms with van der Waals surface area (Å²) in [7, 11) is 0. The molecule has 1 atom stereocenters. The molecule has 0 spiro atoms. The first-order chi connectivity index (χ1) is 6.36. The molecule has 0 amide bonds. The van der Waals surface area contributed by atoms with Gasteiger partial charge in [0.2, 0.25) is 0 Å². The average molecular weight is 213 g/mol. The monoisotopic (exact) mass is 212 g/mol. The van der Waals surface area contributed by atoms with E-state index in [-0.39, 0.29) is 12.4 Å². The van der Waals surface area contributed by atoms with Gasteiger partial charge in [-0.3, -0.25) is 4.98 Å². The molecule has 1 saturated heterocycles. The van der Waals surface area contributed by atoms with Crippen LogP contribution in [0.15, 0.2) is 18.3 Å². The number of aromatic nitrogens is 1. The molecule has 1 aromatic rings. The molecular weight excluding hydrogens is 196 g/mol. The summed E-state index contributed by atoms with van der Waals surface area (Å²) in [5, 5.41) is 3.42. The van der Waals surface area contributed by atoms with Gasteiger partial charge < -0.3 is 5.32 Å². The first kappa shape index (κ1) is 11.5. The third kappa shape index (κ3) is 2.69. The summed E-state index contributed by atoms with van der Waals surface area (Å²) in [6, 6.07) is 4.31. The maximum Gasteiger partial charge on any atom is 0.0372 e. The van der Waals surface area contributed by atoms with Crippen LogP contribution in [0.5, 0.6) is 0 Å². The van der Waals surface area contributed by atoms with Crippen LogP contribution in [-0.4, -0.2) is 18.1 Å². The van der Waals surface area contributed by atoms with Crippen LogP contribution < -0.4 is 5.32 Å². The Balaban J connectivity index is 0.000000980. The summed E-state index contributed by atoms with van der Waals surface area (Å²) in [6.45, 7) is 4.32. The van der Waals surface area contributed by atoms with E-state index in [9.17, 15) is 0 Å². The van der Waals surface area contributed by atoms with Crippen LogP contribution in [0.1, 0.15) is 30.0 Å². The number of hydrogen-bond acceptors (Lipinski definition) is 2. The fourth-order valence-corrected chi connectivity index (χ4v) is 1.86. The van der Waals surface area contributed by atoms with Crippen LogP contribution in [0.25, 0.3) is 0 Å². The zero-order chi connectivity index (χ0) is 9.10. The van der Waals surface area contributed by atoms with E-state index < -0.39 is 0 Å². The van der Waals surface area contributed by atoms with E-state index in [0.717, 1.165) is 12.2 Å². The smallest absolute Gasteiger partial charge is 0.0372 e. The van der Waals surface area contributed by atoms with Gasteiger partial charge in [0.25, 0.3) is 0 Å². The summed E-state index contributed by atoms with van der Waals surface area (Å²) in [4.78, 5) is 4.33. The summed E-state index contributed by atoms with van der Waals surface area (Å²) in [5.41, 5.74) is 2.49. The molecule has 0 aliphatic carbocycles. The van der Waals surface area contributed by atoms with Crippen molar-refractivity contribution in [3.8, 4) is 0 Å². The Bertz CT molecular complexity index is 265. The molecule has 1 aromatic heterocycles. The lowest BCUT2D eigenvalue weighted by Crippen LogP contribution is -2.28. The Kier molecular flexibility index (Phi) is 4.36. The lowest BCUT2D eigenvalue weighted by Gasteiger charge is -2.22. The van der Waals surface area contributed by atoms with E-state index >= 15 is 0 Å². The second-order valence-corrected chi connectivity index (χ2v) is 3.78. The Hall–Kier alpha value is -0.600. The van der Waals surface area contributed by atoms with E-state index in [2.05, 4.69) is 22.4 Å². The van der Waals surface area contributed by atoms with Crippen molar-refractivity contribution in [2.24, 2.45) is 0 Å². The first-order valence-corrected chi connectivity index (χ1v) is 4.99. The van der Waals surface area contributed by atoms with Crippen molar-refractivity contribution < 1.29 is 0 Å². The maximum atomic E-state index is 4.33. The SMILES string of the molecule is Cc1ccc([C@@H]2CCCNC2)cn1.Cl. The largest absolute Gasteiger partial charge is 0.316 e. The third-order valence-electron chi connectivity index (χ3n) is 2.70. The van der Waals surface area contributed by atoms with Crippen LogP contribution >= 0.6 is 12.4 Å². The predicted molar refractivity (Wildman–Crippen MR) is 61.1 cm³/mol. The Labute approximate surface area is 91.5 Å². The van der Waals surface area contributed by atoms with E-state index in [1.807, 2.05) is 13.1 Å². The van der Waals surface area contributed by atoms with Crippen molar-refractivity contribution in [3.05, 3.63) is 29.6 Å². The second kappa shape index (κ2) is 5.32. The highest BCUT2D eigenvalue weighted by atomic mass is 35.5. The fourth-order valence-electron chi connectivity index (χ4n) is 1.86. The maximum absolute atomic E-state index is 4.33. The molecule has 2 heterocycles. The third-order valence-corrected chi connectivity index (χ3v) is 2.70. The molecule has 14 heavy (non-hydrogen) atoms. The minimum atomic E-state index is 0. The molecule has 2 nitrogen and oxygen atoms in total. The van der Waals surface area contributed by atoms with Crippen molar-refractivity contribution in [2.45, 2.75) is 25.7 Å². The normalized spacial score (nSPS) is 21.4. The number of rotatable bonds is 1. The topological polar surface area (TPSA) is 24.9 Å². The van der Waals surface area contributed by atoms with Crippen LogP contribution in [-0.2, 0) is 0 Å². The van der Waals surface area contributed by atoms with Crippen molar-refractivity contribution in [1.82, 2.24) is 10.3 Å². The molecule has 1 aliphatic heterocycles. The van der Waals surface area contributed by atoms with Gasteiger partial charge in [-0.2, -0.15) is 0 Å². The van der Waals surface area contributed by atoms with Gasteiger partial charge in [-0.1, -0.05) is 6.07 Å². The molecule has 0 aromatic carbocycles. The molecule has 0 unspecified atom stereocenters. The van der Waals surface area contributed by atoms with Crippen LogP contribution in [0, 0.1) is 6.92 Å². The summed E-state index contributed by atoms with van der Waals surface area (Å²) in [6.07, 6.45) is 4.61. The standard InChI is InChI=1S/C11H16N2.ClH/c1-9-4-5-11(8-13-9)10-3-2-6-12-7-10;/h4-5,8,10,12H,2-3,6-7H2,1H3;1H/t10-;/m1./s1.